The van der Waals surface area contributed by atoms with E-state index in [1.165, 1.54) is 11.3 Å². The average Bonchev–Trinajstić information content (AvgIpc) is 3.25. The summed E-state index contributed by atoms with van der Waals surface area (Å²) in [6.07, 6.45) is 1.73. The number of methoxy groups -OCH3 is 3. The molecule has 7 nitrogen and oxygen atoms in total. The fourth-order valence-corrected chi connectivity index (χ4v) is 4.48. The Bertz CT molecular complexity index is 973. The molecule has 1 aliphatic rings. The van der Waals surface area contributed by atoms with Gasteiger partial charge in [0.1, 0.15) is 17.4 Å². The average molecular weight is 415 g/mol. The van der Waals surface area contributed by atoms with Gasteiger partial charge >= 0.3 is 0 Å². The zero-order valence-electron chi connectivity index (χ0n) is 16.6. The number of rotatable bonds is 6. The van der Waals surface area contributed by atoms with Gasteiger partial charge in [-0.3, -0.25) is 5.11 Å². The van der Waals surface area contributed by atoms with E-state index in [1.807, 2.05) is 6.07 Å². The van der Waals surface area contributed by atoms with Crippen LogP contribution >= 0.6 is 11.3 Å². The molecule has 0 saturated carbocycles. The van der Waals surface area contributed by atoms with Gasteiger partial charge in [-0.05, 0) is 12.1 Å². The van der Waals surface area contributed by atoms with Crippen molar-refractivity contribution in [2.45, 2.75) is 18.9 Å². The topological polar surface area (TPSA) is 73.0 Å². The van der Waals surface area contributed by atoms with Crippen molar-refractivity contribution < 1.29 is 24.1 Å². The highest BCUT2D eigenvalue weighted by molar-refractivity contribution is 7.17. The van der Waals surface area contributed by atoms with Gasteiger partial charge in [-0.2, -0.15) is 0 Å². The largest absolute Gasteiger partial charge is 0.496 e. The number of anilines is 1. The second-order valence-electron chi connectivity index (χ2n) is 6.78. The summed E-state index contributed by atoms with van der Waals surface area (Å²) >= 11 is 1.51. The third-order valence-electron chi connectivity index (χ3n) is 5.16. The van der Waals surface area contributed by atoms with Gasteiger partial charge in [-0.1, -0.05) is 0 Å². The molecule has 1 fully saturated rings. The summed E-state index contributed by atoms with van der Waals surface area (Å²) in [7, 11) is 4.80. The Labute approximate surface area is 173 Å². The Morgan fingerprint density at radius 3 is 2.34 bits per heavy atom. The molecule has 0 amide bonds. The molecule has 8 heteroatoms. The summed E-state index contributed by atoms with van der Waals surface area (Å²) in [4.78, 5) is 6.51. The van der Waals surface area contributed by atoms with Crippen LogP contribution in [0.5, 0.6) is 28.7 Å². The molecule has 2 heterocycles. The van der Waals surface area contributed by atoms with Crippen molar-refractivity contribution in [3.05, 3.63) is 29.8 Å². The Morgan fingerprint density at radius 2 is 1.72 bits per heavy atom. The van der Waals surface area contributed by atoms with Gasteiger partial charge in [0.25, 0.3) is 0 Å². The maximum absolute atomic E-state index is 12.0. The predicted molar refractivity (Wildman–Crippen MR) is 112 cm³/mol. The van der Waals surface area contributed by atoms with Crippen LogP contribution in [-0.4, -0.2) is 45.5 Å². The number of hydrogen-bond acceptors (Lipinski definition) is 7. The first-order valence-electron chi connectivity index (χ1n) is 9.39. The van der Waals surface area contributed by atoms with Gasteiger partial charge in [0.15, 0.2) is 11.5 Å². The number of thiazole rings is 1. The van der Waals surface area contributed by atoms with Crippen molar-refractivity contribution in [2.24, 2.45) is 0 Å². The molecular weight excluding hydrogens is 392 g/mol. The van der Waals surface area contributed by atoms with Gasteiger partial charge in [-0.25, -0.2) is 4.98 Å². The highest BCUT2D eigenvalue weighted by atomic mass is 32.1. The number of nitrogens with zero attached hydrogens (tertiary/aromatic N) is 2. The Balaban J connectivity index is 1.49. The molecule has 1 aromatic heterocycles. The molecule has 0 N–H and O–H groups in total. The molecule has 0 bridgehead atoms. The van der Waals surface area contributed by atoms with Crippen molar-refractivity contribution in [1.82, 2.24) is 4.98 Å². The van der Waals surface area contributed by atoms with Crippen LogP contribution in [0.15, 0.2) is 29.8 Å². The number of fused-ring (bicyclic) bond motifs is 1. The van der Waals surface area contributed by atoms with Crippen molar-refractivity contribution in [2.75, 3.05) is 39.3 Å². The minimum atomic E-state index is -0.0260. The molecule has 29 heavy (non-hydrogen) atoms. The van der Waals surface area contributed by atoms with Crippen molar-refractivity contribution in [3.8, 4) is 28.7 Å². The second kappa shape index (κ2) is 8.24. The van der Waals surface area contributed by atoms with Crippen LogP contribution in [0.1, 0.15) is 12.8 Å². The summed E-state index contributed by atoms with van der Waals surface area (Å²) in [6, 6.07) is 7.09. The van der Waals surface area contributed by atoms with E-state index in [2.05, 4.69) is 9.88 Å². The Kier molecular flexibility index (Phi) is 5.53. The summed E-state index contributed by atoms with van der Waals surface area (Å²) in [6.45, 7) is 1.66. The highest BCUT2D eigenvalue weighted by Crippen LogP contribution is 2.43. The first-order chi connectivity index (χ1) is 14.1. The maximum atomic E-state index is 12.0. The number of hydrogen-bond donors (Lipinski definition) is 0. The van der Waals surface area contributed by atoms with Gasteiger partial charge in [-0.15, -0.1) is 11.3 Å². The minimum Gasteiger partial charge on any atom is -0.496 e. The molecule has 0 unspecified atom stereocenters. The van der Waals surface area contributed by atoms with E-state index < -0.39 is 0 Å². The van der Waals surface area contributed by atoms with Crippen LogP contribution in [0.2, 0.25) is 0 Å². The Morgan fingerprint density at radius 1 is 1.03 bits per heavy atom. The monoisotopic (exact) mass is 415 g/mol. The van der Waals surface area contributed by atoms with Crippen LogP contribution in [0.3, 0.4) is 0 Å². The van der Waals surface area contributed by atoms with Gasteiger partial charge in [0.2, 0.25) is 11.5 Å². The lowest BCUT2D eigenvalue weighted by Crippen LogP contribution is -2.38. The lowest BCUT2D eigenvalue weighted by molar-refractivity contribution is 0.158. The van der Waals surface area contributed by atoms with Crippen LogP contribution in [0.4, 0.5) is 5.69 Å². The third-order valence-corrected chi connectivity index (χ3v) is 6.01. The summed E-state index contributed by atoms with van der Waals surface area (Å²) in [5.41, 5.74) is 3.35. The number of benzene rings is 2. The molecule has 153 valence electrons. The van der Waals surface area contributed by atoms with Crippen molar-refractivity contribution >= 4 is 27.2 Å². The minimum absolute atomic E-state index is 0.0260. The molecule has 0 atom stereocenters. The van der Waals surface area contributed by atoms with E-state index in [0.717, 1.165) is 36.3 Å². The van der Waals surface area contributed by atoms with Crippen molar-refractivity contribution in [3.63, 3.8) is 0 Å². The summed E-state index contributed by atoms with van der Waals surface area (Å²) in [5.74, 6) is 2.38. The first kappa shape index (κ1) is 19.4. The molecule has 1 radical (unpaired) electrons. The lowest BCUT2D eigenvalue weighted by Gasteiger charge is -2.34. The van der Waals surface area contributed by atoms with Gasteiger partial charge in [0.05, 0.1) is 37.2 Å². The van der Waals surface area contributed by atoms with E-state index >= 15 is 0 Å². The van der Waals surface area contributed by atoms with Crippen LogP contribution in [0.25, 0.3) is 10.2 Å². The molecule has 1 aliphatic heterocycles. The number of aromatic nitrogens is 1. The number of ether oxygens (including phenoxy) is 4. The SMILES string of the molecule is COc1cc(OC)c(OC2CCN(c3ccc([O])c4ncsc34)CC2)c(OC)c1. The molecular formula is C21H23N2O5S. The quantitative estimate of drug-likeness (QED) is 0.590. The van der Waals surface area contributed by atoms with E-state index in [1.54, 1.807) is 45.0 Å². The van der Waals surface area contributed by atoms with Crippen LogP contribution < -0.4 is 23.8 Å². The predicted octanol–water partition coefficient (Wildman–Crippen LogP) is 4.51. The first-order valence-corrected chi connectivity index (χ1v) is 10.3. The van der Waals surface area contributed by atoms with Crippen molar-refractivity contribution in [1.29, 1.82) is 0 Å². The van der Waals surface area contributed by atoms with Crippen LogP contribution in [-0.2, 0) is 5.11 Å². The van der Waals surface area contributed by atoms with E-state index in [4.69, 9.17) is 18.9 Å². The van der Waals surface area contributed by atoms with Crippen LogP contribution in [0, 0.1) is 0 Å². The molecule has 3 aromatic rings. The third kappa shape index (κ3) is 3.72. The normalized spacial score (nSPS) is 14.8. The zero-order chi connectivity index (χ0) is 20.4. The van der Waals surface area contributed by atoms with E-state index in [-0.39, 0.29) is 11.9 Å². The standard InChI is InChI=1S/C21H23N2O5S/c1-25-14-10-17(26-2)20(18(11-14)27-3)28-13-6-8-23(9-7-13)15-4-5-16(24)19-21(15)29-12-22-19/h4-5,10-13H,6-9H2,1-3H3. The summed E-state index contributed by atoms with van der Waals surface area (Å²) in [5, 5.41) is 12.0. The fraction of sp³-hybridized carbons (Fsp3) is 0.381. The Hall–Kier alpha value is -2.87. The molecule has 1 saturated heterocycles. The zero-order valence-corrected chi connectivity index (χ0v) is 17.5. The molecule has 4 rings (SSSR count). The lowest BCUT2D eigenvalue weighted by atomic mass is 10.1. The van der Waals surface area contributed by atoms with Gasteiger partial charge in [0, 0.05) is 38.1 Å². The molecule has 0 aliphatic carbocycles. The molecule has 0 spiro atoms. The maximum Gasteiger partial charge on any atom is 0.205 e. The number of piperidine rings is 1. The smallest absolute Gasteiger partial charge is 0.205 e. The summed E-state index contributed by atoms with van der Waals surface area (Å²) < 4.78 is 23.5. The molecule has 2 aromatic carbocycles. The van der Waals surface area contributed by atoms with E-state index in [0.29, 0.717) is 28.5 Å². The van der Waals surface area contributed by atoms with Gasteiger partial charge < -0.3 is 23.8 Å². The van der Waals surface area contributed by atoms with E-state index in [9.17, 15) is 5.11 Å². The highest BCUT2D eigenvalue weighted by Gasteiger charge is 2.26. The second-order valence-corrected chi connectivity index (χ2v) is 7.63. The fourth-order valence-electron chi connectivity index (χ4n) is 3.63.